The number of hydrogen-bond donors (Lipinski definition) is 1. The second-order valence-electron chi connectivity index (χ2n) is 3.34. The Hall–Kier alpha value is -0.000000000000000111. The van der Waals surface area contributed by atoms with E-state index in [0.29, 0.717) is 12.5 Å². The summed E-state index contributed by atoms with van der Waals surface area (Å²) in [6, 6.07) is 5.96. The summed E-state index contributed by atoms with van der Waals surface area (Å²) in [5.41, 5.74) is 1.09. The van der Waals surface area contributed by atoms with Crippen LogP contribution in [0.15, 0.2) is 18.2 Å². The van der Waals surface area contributed by atoms with Crippen molar-refractivity contribution in [2.75, 3.05) is 19.1 Å². The minimum Gasteiger partial charge on any atom is -0.492 e. The standard InChI is InChI=1S/C11H14ClIO2/c1-8(7-14)9-4-10(13)6-11(5-9)15-3-2-12/h4-6,8,14H,2-3,7H2,1H3. The van der Waals surface area contributed by atoms with E-state index in [0.717, 1.165) is 14.9 Å². The van der Waals surface area contributed by atoms with Crippen molar-refractivity contribution in [1.82, 2.24) is 0 Å². The number of alkyl halides is 1. The summed E-state index contributed by atoms with van der Waals surface area (Å²) in [4.78, 5) is 0. The van der Waals surface area contributed by atoms with Crippen LogP contribution in [0, 0.1) is 3.57 Å². The summed E-state index contributed by atoms with van der Waals surface area (Å²) in [6.45, 7) is 2.64. The van der Waals surface area contributed by atoms with E-state index < -0.39 is 0 Å². The van der Waals surface area contributed by atoms with Crippen LogP contribution in [0.5, 0.6) is 5.75 Å². The first kappa shape index (κ1) is 13.1. The van der Waals surface area contributed by atoms with Crippen molar-refractivity contribution >= 4 is 34.2 Å². The average Bonchev–Trinajstić information content (AvgIpc) is 2.24. The molecule has 0 aliphatic heterocycles. The fraction of sp³-hybridized carbons (Fsp3) is 0.455. The van der Waals surface area contributed by atoms with Crippen molar-refractivity contribution in [3.8, 4) is 5.75 Å². The zero-order valence-corrected chi connectivity index (χ0v) is 11.5. The van der Waals surface area contributed by atoms with Crippen LogP contribution in [-0.2, 0) is 0 Å². The van der Waals surface area contributed by atoms with Gasteiger partial charge in [-0.1, -0.05) is 6.92 Å². The van der Waals surface area contributed by atoms with Gasteiger partial charge in [0.05, 0.1) is 5.88 Å². The maximum Gasteiger partial charge on any atom is 0.120 e. The van der Waals surface area contributed by atoms with Crippen molar-refractivity contribution in [3.05, 3.63) is 27.3 Å². The Morgan fingerprint density at radius 2 is 2.20 bits per heavy atom. The van der Waals surface area contributed by atoms with E-state index in [1.165, 1.54) is 0 Å². The highest BCUT2D eigenvalue weighted by Gasteiger charge is 2.07. The van der Waals surface area contributed by atoms with Gasteiger partial charge in [0.25, 0.3) is 0 Å². The van der Waals surface area contributed by atoms with Crippen LogP contribution in [0.3, 0.4) is 0 Å². The molecule has 1 rings (SSSR count). The zero-order valence-electron chi connectivity index (χ0n) is 8.54. The highest BCUT2D eigenvalue weighted by atomic mass is 127. The molecule has 0 fully saturated rings. The number of hydrogen-bond acceptors (Lipinski definition) is 2. The molecular weight excluding hydrogens is 326 g/mol. The molecule has 1 N–H and O–H groups in total. The Balaban J connectivity index is 2.84. The number of halogens is 2. The highest BCUT2D eigenvalue weighted by molar-refractivity contribution is 14.1. The first-order valence-corrected chi connectivity index (χ1v) is 6.38. The van der Waals surface area contributed by atoms with Gasteiger partial charge < -0.3 is 9.84 Å². The lowest BCUT2D eigenvalue weighted by Gasteiger charge is -2.12. The van der Waals surface area contributed by atoms with Crippen LogP contribution in [0.25, 0.3) is 0 Å². The summed E-state index contributed by atoms with van der Waals surface area (Å²) < 4.78 is 6.56. The molecule has 1 aromatic rings. The van der Waals surface area contributed by atoms with Crippen molar-refractivity contribution in [2.24, 2.45) is 0 Å². The first-order valence-electron chi connectivity index (χ1n) is 4.77. The number of ether oxygens (including phenoxy) is 1. The van der Waals surface area contributed by atoms with Crippen LogP contribution >= 0.6 is 34.2 Å². The highest BCUT2D eigenvalue weighted by Crippen LogP contribution is 2.24. The molecule has 0 bridgehead atoms. The number of rotatable bonds is 5. The van der Waals surface area contributed by atoms with Crippen LogP contribution < -0.4 is 4.74 Å². The molecule has 0 radical (unpaired) electrons. The zero-order chi connectivity index (χ0) is 11.3. The second kappa shape index (κ2) is 6.55. The summed E-state index contributed by atoms with van der Waals surface area (Å²) in [5.74, 6) is 1.44. The molecule has 0 amide bonds. The monoisotopic (exact) mass is 340 g/mol. The smallest absolute Gasteiger partial charge is 0.120 e. The molecule has 1 aromatic carbocycles. The quantitative estimate of drug-likeness (QED) is 0.659. The molecule has 1 unspecified atom stereocenters. The van der Waals surface area contributed by atoms with E-state index in [1.54, 1.807) is 0 Å². The van der Waals surface area contributed by atoms with Gasteiger partial charge in [-0.2, -0.15) is 0 Å². The summed E-state index contributed by atoms with van der Waals surface area (Å²) in [6.07, 6.45) is 0. The van der Waals surface area contributed by atoms with Gasteiger partial charge in [0.2, 0.25) is 0 Å². The Morgan fingerprint density at radius 3 is 2.80 bits per heavy atom. The van der Waals surface area contributed by atoms with E-state index in [-0.39, 0.29) is 12.5 Å². The molecule has 2 nitrogen and oxygen atoms in total. The lowest BCUT2D eigenvalue weighted by atomic mass is 10.0. The van der Waals surface area contributed by atoms with Crippen LogP contribution in [0.2, 0.25) is 0 Å². The van der Waals surface area contributed by atoms with E-state index >= 15 is 0 Å². The average molecular weight is 341 g/mol. The van der Waals surface area contributed by atoms with Gasteiger partial charge in [0.15, 0.2) is 0 Å². The number of aliphatic hydroxyl groups excluding tert-OH is 1. The molecule has 1 atom stereocenters. The van der Waals surface area contributed by atoms with Gasteiger partial charge in [-0.25, -0.2) is 0 Å². The van der Waals surface area contributed by atoms with Crippen molar-refractivity contribution < 1.29 is 9.84 Å². The number of benzene rings is 1. The third-order valence-electron chi connectivity index (χ3n) is 2.08. The molecule has 84 valence electrons. The topological polar surface area (TPSA) is 29.5 Å². The molecule has 0 heterocycles. The predicted octanol–water partition coefficient (Wildman–Crippen LogP) is 3.00. The molecule has 0 aliphatic carbocycles. The van der Waals surface area contributed by atoms with Gasteiger partial charge >= 0.3 is 0 Å². The molecule has 0 spiro atoms. The fourth-order valence-corrected chi connectivity index (χ4v) is 1.96. The van der Waals surface area contributed by atoms with Crippen molar-refractivity contribution in [1.29, 1.82) is 0 Å². The predicted molar refractivity (Wildman–Crippen MR) is 70.9 cm³/mol. The van der Waals surface area contributed by atoms with E-state index in [2.05, 4.69) is 28.7 Å². The SMILES string of the molecule is CC(CO)c1cc(I)cc(OCCCl)c1. The Labute approximate surface area is 109 Å². The van der Waals surface area contributed by atoms with E-state index in [4.69, 9.17) is 21.4 Å². The maximum atomic E-state index is 9.08. The molecular formula is C11H14ClIO2. The van der Waals surface area contributed by atoms with Crippen molar-refractivity contribution in [3.63, 3.8) is 0 Å². The molecule has 0 aliphatic rings. The summed E-state index contributed by atoms with van der Waals surface area (Å²) in [7, 11) is 0. The molecule has 0 saturated carbocycles. The largest absolute Gasteiger partial charge is 0.492 e. The minimum atomic E-state index is 0.137. The molecule has 15 heavy (non-hydrogen) atoms. The third kappa shape index (κ3) is 4.17. The normalized spacial score (nSPS) is 12.5. The van der Waals surface area contributed by atoms with Crippen molar-refractivity contribution in [2.45, 2.75) is 12.8 Å². The van der Waals surface area contributed by atoms with Gasteiger partial charge in [0.1, 0.15) is 12.4 Å². The van der Waals surface area contributed by atoms with E-state index in [9.17, 15) is 0 Å². The summed E-state index contributed by atoms with van der Waals surface area (Å²) >= 11 is 7.79. The third-order valence-corrected chi connectivity index (χ3v) is 2.86. The minimum absolute atomic E-state index is 0.137. The molecule has 0 aromatic heterocycles. The van der Waals surface area contributed by atoms with Crippen LogP contribution in [-0.4, -0.2) is 24.2 Å². The Morgan fingerprint density at radius 1 is 1.47 bits per heavy atom. The van der Waals surface area contributed by atoms with Gasteiger partial charge in [-0.15, -0.1) is 11.6 Å². The Kier molecular flexibility index (Phi) is 5.71. The van der Waals surface area contributed by atoms with Crippen LogP contribution in [0.4, 0.5) is 0 Å². The maximum absolute atomic E-state index is 9.08. The van der Waals surface area contributed by atoms with E-state index in [1.807, 2.05) is 19.1 Å². The summed E-state index contributed by atoms with van der Waals surface area (Å²) in [5, 5.41) is 9.08. The Bertz CT molecular complexity index is 317. The first-order chi connectivity index (χ1) is 7.17. The fourth-order valence-electron chi connectivity index (χ4n) is 1.21. The lowest BCUT2D eigenvalue weighted by molar-refractivity contribution is 0.272. The lowest BCUT2D eigenvalue weighted by Crippen LogP contribution is -2.02. The van der Waals surface area contributed by atoms with Gasteiger partial charge in [-0.05, 0) is 46.4 Å². The van der Waals surface area contributed by atoms with Gasteiger partial charge in [-0.3, -0.25) is 0 Å². The number of aliphatic hydroxyl groups is 1. The second-order valence-corrected chi connectivity index (χ2v) is 4.96. The van der Waals surface area contributed by atoms with Gasteiger partial charge in [0, 0.05) is 16.1 Å². The molecule has 4 heteroatoms. The van der Waals surface area contributed by atoms with Crippen LogP contribution in [0.1, 0.15) is 18.4 Å². The molecule has 0 saturated heterocycles.